The summed E-state index contributed by atoms with van der Waals surface area (Å²) in [5.41, 5.74) is 1.80. The SMILES string of the molecule is COc1ccc(CNCC(C)(C)C(=O)NCc2ccccc2)cc1. The lowest BCUT2D eigenvalue weighted by Crippen LogP contribution is -2.43. The predicted molar refractivity (Wildman–Crippen MR) is 96.8 cm³/mol. The molecule has 2 N–H and O–H groups in total. The van der Waals surface area contributed by atoms with Gasteiger partial charge in [0, 0.05) is 19.6 Å². The molecule has 4 heteroatoms. The summed E-state index contributed by atoms with van der Waals surface area (Å²) in [6, 6.07) is 17.9. The molecule has 1 amide bonds. The van der Waals surface area contributed by atoms with E-state index in [1.807, 2.05) is 68.4 Å². The summed E-state index contributed by atoms with van der Waals surface area (Å²) in [5.74, 6) is 0.896. The van der Waals surface area contributed by atoms with Crippen molar-refractivity contribution in [2.24, 2.45) is 5.41 Å². The number of carbonyl (C=O) groups excluding carboxylic acids is 1. The van der Waals surface area contributed by atoms with Crippen LogP contribution in [0, 0.1) is 5.41 Å². The minimum absolute atomic E-state index is 0.0496. The second kappa shape index (κ2) is 8.50. The first-order valence-electron chi connectivity index (χ1n) is 8.17. The van der Waals surface area contributed by atoms with Gasteiger partial charge in [-0.15, -0.1) is 0 Å². The molecule has 0 fully saturated rings. The van der Waals surface area contributed by atoms with Gasteiger partial charge < -0.3 is 15.4 Å². The van der Waals surface area contributed by atoms with E-state index in [4.69, 9.17) is 4.74 Å². The zero-order chi connectivity index (χ0) is 17.4. The Morgan fingerprint density at radius 2 is 1.58 bits per heavy atom. The van der Waals surface area contributed by atoms with Crippen molar-refractivity contribution in [2.45, 2.75) is 26.9 Å². The molecule has 128 valence electrons. The number of rotatable bonds is 8. The Bertz CT molecular complexity index is 636. The van der Waals surface area contributed by atoms with E-state index in [1.54, 1.807) is 7.11 Å². The molecule has 2 aromatic rings. The second-order valence-electron chi connectivity index (χ2n) is 6.50. The van der Waals surface area contributed by atoms with Crippen molar-refractivity contribution in [3.8, 4) is 5.75 Å². The first kappa shape index (κ1) is 18.0. The predicted octanol–water partition coefficient (Wildman–Crippen LogP) is 3.13. The Morgan fingerprint density at radius 1 is 0.958 bits per heavy atom. The molecule has 0 unspecified atom stereocenters. The average Bonchev–Trinajstić information content (AvgIpc) is 2.61. The van der Waals surface area contributed by atoms with Gasteiger partial charge in [-0.05, 0) is 37.1 Å². The van der Waals surface area contributed by atoms with Crippen LogP contribution in [0.25, 0.3) is 0 Å². The zero-order valence-electron chi connectivity index (χ0n) is 14.6. The van der Waals surface area contributed by atoms with E-state index in [0.717, 1.165) is 23.4 Å². The van der Waals surface area contributed by atoms with E-state index >= 15 is 0 Å². The molecule has 0 atom stereocenters. The van der Waals surface area contributed by atoms with E-state index in [-0.39, 0.29) is 5.91 Å². The lowest BCUT2D eigenvalue weighted by molar-refractivity contribution is -0.129. The summed E-state index contributed by atoms with van der Waals surface area (Å²) in [6.07, 6.45) is 0. The van der Waals surface area contributed by atoms with E-state index in [9.17, 15) is 4.79 Å². The molecule has 0 radical (unpaired) electrons. The van der Waals surface area contributed by atoms with Crippen LogP contribution in [0.15, 0.2) is 54.6 Å². The topological polar surface area (TPSA) is 50.4 Å². The summed E-state index contributed by atoms with van der Waals surface area (Å²) in [4.78, 5) is 12.4. The molecular weight excluding hydrogens is 300 g/mol. The third-order valence-corrected chi connectivity index (χ3v) is 3.97. The van der Waals surface area contributed by atoms with Crippen molar-refractivity contribution in [1.82, 2.24) is 10.6 Å². The summed E-state index contributed by atoms with van der Waals surface area (Å²) in [6.45, 7) is 5.79. The standard InChI is InChI=1S/C20H26N2O2/c1-20(2,19(23)22-14-16-7-5-4-6-8-16)15-21-13-17-9-11-18(24-3)12-10-17/h4-12,21H,13-15H2,1-3H3,(H,22,23). The number of methoxy groups -OCH3 is 1. The normalized spacial score (nSPS) is 11.1. The van der Waals surface area contributed by atoms with Gasteiger partial charge in [0.05, 0.1) is 12.5 Å². The Hall–Kier alpha value is -2.33. The number of hydrogen-bond acceptors (Lipinski definition) is 3. The lowest BCUT2D eigenvalue weighted by atomic mass is 9.92. The first-order valence-corrected chi connectivity index (χ1v) is 8.17. The number of benzene rings is 2. The van der Waals surface area contributed by atoms with E-state index in [1.165, 1.54) is 0 Å². The van der Waals surface area contributed by atoms with Crippen LogP contribution in [-0.2, 0) is 17.9 Å². The summed E-state index contributed by atoms with van der Waals surface area (Å²) >= 11 is 0. The Morgan fingerprint density at radius 3 is 2.21 bits per heavy atom. The van der Waals surface area contributed by atoms with Gasteiger partial charge in [0.2, 0.25) is 5.91 Å². The Kier molecular flexibility index (Phi) is 6.38. The van der Waals surface area contributed by atoms with Crippen LogP contribution in [-0.4, -0.2) is 19.6 Å². The van der Waals surface area contributed by atoms with Crippen molar-refractivity contribution in [3.05, 3.63) is 65.7 Å². The molecule has 0 saturated carbocycles. The number of nitrogens with one attached hydrogen (secondary N) is 2. The van der Waals surface area contributed by atoms with E-state index < -0.39 is 5.41 Å². The average molecular weight is 326 g/mol. The summed E-state index contributed by atoms with van der Waals surface area (Å²) in [7, 11) is 1.66. The quantitative estimate of drug-likeness (QED) is 0.783. The third-order valence-electron chi connectivity index (χ3n) is 3.97. The smallest absolute Gasteiger partial charge is 0.227 e. The monoisotopic (exact) mass is 326 g/mol. The van der Waals surface area contributed by atoms with Crippen LogP contribution in [0.1, 0.15) is 25.0 Å². The van der Waals surface area contributed by atoms with Crippen molar-refractivity contribution >= 4 is 5.91 Å². The van der Waals surface area contributed by atoms with Gasteiger partial charge in [-0.2, -0.15) is 0 Å². The molecule has 0 heterocycles. The maximum absolute atomic E-state index is 12.4. The van der Waals surface area contributed by atoms with Crippen molar-refractivity contribution < 1.29 is 9.53 Å². The number of carbonyl (C=O) groups is 1. The molecule has 2 rings (SSSR count). The van der Waals surface area contributed by atoms with Gasteiger partial charge in [-0.25, -0.2) is 0 Å². The van der Waals surface area contributed by atoms with E-state index in [0.29, 0.717) is 13.1 Å². The Balaban J connectivity index is 1.77. The highest BCUT2D eigenvalue weighted by Crippen LogP contribution is 2.15. The molecule has 0 aromatic heterocycles. The molecule has 0 aliphatic carbocycles. The van der Waals surface area contributed by atoms with Gasteiger partial charge >= 0.3 is 0 Å². The van der Waals surface area contributed by atoms with Crippen LogP contribution < -0.4 is 15.4 Å². The minimum atomic E-state index is -0.471. The van der Waals surface area contributed by atoms with Crippen molar-refractivity contribution in [1.29, 1.82) is 0 Å². The van der Waals surface area contributed by atoms with Crippen LogP contribution in [0.5, 0.6) is 5.75 Å². The fourth-order valence-corrected chi connectivity index (χ4v) is 2.36. The molecular formula is C20H26N2O2. The van der Waals surface area contributed by atoms with Crippen molar-refractivity contribution in [3.63, 3.8) is 0 Å². The fraction of sp³-hybridized carbons (Fsp3) is 0.350. The highest BCUT2D eigenvalue weighted by molar-refractivity contribution is 5.82. The molecule has 24 heavy (non-hydrogen) atoms. The molecule has 0 spiro atoms. The van der Waals surface area contributed by atoms with Crippen LogP contribution in [0.3, 0.4) is 0 Å². The Labute approximate surface area is 144 Å². The van der Waals surface area contributed by atoms with Gasteiger partial charge in [-0.3, -0.25) is 4.79 Å². The summed E-state index contributed by atoms with van der Waals surface area (Å²) < 4.78 is 5.15. The minimum Gasteiger partial charge on any atom is -0.497 e. The zero-order valence-corrected chi connectivity index (χ0v) is 14.6. The molecule has 4 nitrogen and oxygen atoms in total. The fourth-order valence-electron chi connectivity index (χ4n) is 2.36. The molecule has 2 aromatic carbocycles. The largest absolute Gasteiger partial charge is 0.497 e. The van der Waals surface area contributed by atoms with Gasteiger partial charge in [0.1, 0.15) is 5.75 Å². The van der Waals surface area contributed by atoms with Gasteiger partial charge in [0.15, 0.2) is 0 Å². The maximum Gasteiger partial charge on any atom is 0.227 e. The highest BCUT2D eigenvalue weighted by atomic mass is 16.5. The van der Waals surface area contributed by atoms with Crippen LogP contribution in [0.4, 0.5) is 0 Å². The van der Waals surface area contributed by atoms with Gasteiger partial charge in [0.25, 0.3) is 0 Å². The number of hydrogen-bond donors (Lipinski definition) is 2. The van der Waals surface area contributed by atoms with Gasteiger partial charge in [-0.1, -0.05) is 42.5 Å². The summed E-state index contributed by atoms with van der Waals surface area (Å²) in [5, 5.41) is 6.36. The molecule has 0 bridgehead atoms. The van der Waals surface area contributed by atoms with Crippen molar-refractivity contribution in [2.75, 3.05) is 13.7 Å². The lowest BCUT2D eigenvalue weighted by Gasteiger charge is -2.24. The van der Waals surface area contributed by atoms with E-state index in [2.05, 4.69) is 10.6 Å². The van der Waals surface area contributed by atoms with Crippen LogP contribution >= 0.6 is 0 Å². The molecule has 0 aliphatic heterocycles. The number of ether oxygens (including phenoxy) is 1. The van der Waals surface area contributed by atoms with Crippen LogP contribution in [0.2, 0.25) is 0 Å². The second-order valence-corrected chi connectivity index (χ2v) is 6.50. The maximum atomic E-state index is 12.4. The molecule has 0 aliphatic rings. The highest BCUT2D eigenvalue weighted by Gasteiger charge is 2.26. The third kappa shape index (κ3) is 5.39. The first-order chi connectivity index (χ1) is 11.5. The number of amides is 1. The molecule has 0 saturated heterocycles.